The molecule has 2 rings (SSSR count). The van der Waals surface area contributed by atoms with Gasteiger partial charge < -0.3 is 15.3 Å². The van der Waals surface area contributed by atoms with Gasteiger partial charge in [0.05, 0.1) is 6.10 Å². The van der Waals surface area contributed by atoms with E-state index < -0.39 is 17.7 Å². The first-order valence-corrected chi connectivity index (χ1v) is 6.58. The van der Waals surface area contributed by atoms with E-state index >= 15 is 0 Å². The van der Waals surface area contributed by atoms with Crippen LogP contribution in [-0.2, 0) is 6.54 Å². The highest BCUT2D eigenvalue weighted by atomic mass is 19.1. The van der Waals surface area contributed by atoms with Gasteiger partial charge in [-0.25, -0.2) is 8.78 Å². The van der Waals surface area contributed by atoms with E-state index in [4.69, 9.17) is 0 Å². The smallest absolute Gasteiger partial charge is 0.149 e. The van der Waals surface area contributed by atoms with Crippen molar-refractivity contribution < 1.29 is 13.9 Å². The van der Waals surface area contributed by atoms with Crippen LogP contribution in [0.1, 0.15) is 18.9 Å². The quantitative estimate of drug-likeness (QED) is 0.880. The van der Waals surface area contributed by atoms with Crippen LogP contribution < -0.4 is 10.2 Å². The van der Waals surface area contributed by atoms with Gasteiger partial charge in [0.25, 0.3) is 0 Å². The predicted octanol–water partition coefficient (Wildman–Crippen LogP) is 1.89. The Morgan fingerprint density at radius 3 is 2.53 bits per heavy atom. The molecular weight excluding hydrogens is 250 g/mol. The highest BCUT2D eigenvalue weighted by Gasteiger charge is 2.27. The van der Waals surface area contributed by atoms with Crippen molar-refractivity contribution in [3.8, 4) is 0 Å². The molecule has 1 aliphatic heterocycles. The second kappa shape index (κ2) is 5.84. The van der Waals surface area contributed by atoms with Gasteiger partial charge in [0, 0.05) is 19.6 Å². The van der Waals surface area contributed by atoms with Crippen LogP contribution in [0.4, 0.5) is 14.5 Å². The summed E-state index contributed by atoms with van der Waals surface area (Å²) in [6, 6.07) is 2.69. The van der Waals surface area contributed by atoms with Crippen molar-refractivity contribution in [2.45, 2.75) is 26.0 Å². The van der Waals surface area contributed by atoms with Crippen molar-refractivity contribution in [1.29, 1.82) is 0 Å². The second-order valence-electron chi connectivity index (χ2n) is 5.22. The number of anilines is 1. The number of aliphatic hydroxyl groups is 1. The molecule has 5 heteroatoms. The number of benzene rings is 1. The third kappa shape index (κ3) is 3.04. The molecule has 1 aromatic carbocycles. The van der Waals surface area contributed by atoms with Gasteiger partial charge in [0.1, 0.15) is 17.3 Å². The molecule has 19 heavy (non-hydrogen) atoms. The molecule has 1 aliphatic rings. The van der Waals surface area contributed by atoms with Crippen LogP contribution in [0.15, 0.2) is 12.1 Å². The molecule has 0 amide bonds. The SMILES string of the molecule is CNCc1cc(F)c(N2CCC(C)C(O)C2)c(F)c1. The summed E-state index contributed by atoms with van der Waals surface area (Å²) < 4.78 is 28.1. The molecule has 2 unspecified atom stereocenters. The van der Waals surface area contributed by atoms with Crippen molar-refractivity contribution in [2.24, 2.45) is 5.92 Å². The fourth-order valence-corrected chi connectivity index (χ4v) is 2.48. The molecule has 1 saturated heterocycles. The highest BCUT2D eigenvalue weighted by Crippen LogP contribution is 2.29. The Morgan fingerprint density at radius 2 is 2.00 bits per heavy atom. The molecule has 0 aliphatic carbocycles. The molecule has 2 atom stereocenters. The number of hydrogen-bond donors (Lipinski definition) is 2. The van der Waals surface area contributed by atoms with Gasteiger partial charge in [-0.3, -0.25) is 0 Å². The fourth-order valence-electron chi connectivity index (χ4n) is 2.48. The van der Waals surface area contributed by atoms with Crippen molar-refractivity contribution in [3.05, 3.63) is 29.3 Å². The third-order valence-electron chi connectivity index (χ3n) is 3.69. The van der Waals surface area contributed by atoms with E-state index in [-0.39, 0.29) is 18.2 Å². The average molecular weight is 270 g/mol. The molecule has 0 bridgehead atoms. The maximum atomic E-state index is 14.1. The van der Waals surface area contributed by atoms with Crippen LogP contribution in [0.5, 0.6) is 0 Å². The van der Waals surface area contributed by atoms with Crippen LogP contribution in [-0.4, -0.2) is 31.3 Å². The molecule has 3 nitrogen and oxygen atoms in total. The minimum atomic E-state index is -0.563. The van der Waals surface area contributed by atoms with E-state index in [1.165, 1.54) is 12.1 Å². The van der Waals surface area contributed by atoms with Crippen LogP contribution >= 0.6 is 0 Å². The number of β-amino-alcohol motifs (C(OH)–C–C–N with tert-alkyl or cyclic N) is 1. The first kappa shape index (κ1) is 14.2. The summed E-state index contributed by atoms with van der Waals surface area (Å²) in [5, 5.41) is 12.7. The Hall–Kier alpha value is -1.20. The first-order valence-electron chi connectivity index (χ1n) is 6.58. The third-order valence-corrected chi connectivity index (χ3v) is 3.69. The molecule has 1 aromatic rings. The predicted molar refractivity (Wildman–Crippen MR) is 71.1 cm³/mol. The molecule has 0 spiro atoms. The lowest BCUT2D eigenvalue weighted by molar-refractivity contribution is 0.102. The molecule has 0 aromatic heterocycles. The van der Waals surface area contributed by atoms with Crippen molar-refractivity contribution in [2.75, 3.05) is 25.0 Å². The van der Waals surface area contributed by atoms with Crippen LogP contribution in [0, 0.1) is 17.6 Å². The van der Waals surface area contributed by atoms with Crippen molar-refractivity contribution in [1.82, 2.24) is 5.32 Å². The summed E-state index contributed by atoms with van der Waals surface area (Å²) in [5.41, 5.74) is 0.554. The van der Waals surface area contributed by atoms with Gasteiger partial charge in [-0.1, -0.05) is 6.92 Å². The summed E-state index contributed by atoms with van der Waals surface area (Å²) in [5.74, 6) is -0.954. The summed E-state index contributed by atoms with van der Waals surface area (Å²) in [6.45, 7) is 3.22. The zero-order valence-electron chi connectivity index (χ0n) is 11.3. The van der Waals surface area contributed by atoms with Gasteiger partial charge in [0.15, 0.2) is 0 Å². The summed E-state index contributed by atoms with van der Waals surface area (Å²) in [6.07, 6.45) is 0.197. The zero-order chi connectivity index (χ0) is 14.0. The number of halogens is 2. The first-order chi connectivity index (χ1) is 9.02. The number of hydrogen-bond acceptors (Lipinski definition) is 3. The normalized spacial score (nSPS) is 23.7. The zero-order valence-corrected chi connectivity index (χ0v) is 11.3. The number of nitrogens with one attached hydrogen (secondary N) is 1. The molecule has 0 saturated carbocycles. The van der Waals surface area contributed by atoms with E-state index in [0.717, 1.165) is 6.42 Å². The van der Waals surface area contributed by atoms with E-state index in [9.17, 15) is 13.9 Å². The molecular formula is C14H20F2N2O. The Balaban J connectivity index is 2.25. The summed E-state index contributed by atoms with van der Waals surface area (Å²) >= 11 is 0. The molecule has 1 fully saturated rings. The Bertz CT molecular complexity index is 430. The molecule has 1 heterocycles. The monoisotopic (exact) mass is 270 g/mol. The average Bonchev–Trinajstić information content (AvgIpc) is 2.33. The van der Waals surface area contributed by atoms with Gasteiger partial charge in [0.2, 0.25) is 0 Å². The van der Waals surface area contributed by atoms with Crippen molar-refractivity contribution in [3.63, 3.8) is 0 Å². The standard InChI is InChI=1S/C14H20F2N2O/c1-9-3-4-18(8-13(9)19)14-11(15)5-10(7-17-2)6-12(14)16/h5-6,9,13,17,19H,3-4,7-8H2,1-2H3. The van der Waals surface area contributed by atoms with E-state index in [2.05, 4.69) is 5.32 Å². The number of nitrogens with zero attached hydrogens (tertiary/aromatic N) is 1. The van der Waals surface area contributed by atoms with Crippen LogP contribution in [0.2, 0.25) is 0 Å². The second-order valence-corrected chi connectivity index (χ2v) is 5.22. The van der Waals surface area contributed by atoms with Gasteiger partial charge in [-0.2, -0.15) is 0 Å². The minimum Gasteiger partial charge on any atom is -0.391 e. The Kier molecular flexibility index (Phi) is 4.37. The number of piperidine rings is 1. The maximum absolute atomic E-state index is 14.1. The van der Waals surface area contributed by atoms with Crippen LogP contribution in [0.25, 0.3) is 0 Å². The summed E-state index contributed by atoms with van der Waals surface area (Å²) in [7, 11) is 1.73. The van der Waals surface area contributed by atoms with E-state index in [1.54, 1.807) is 11.9 Å². The van der Waals surface area contributed by atoms with Gasteiger partial charge in [-0.15, -0.1) is 0 Å². The lowest BCUT2D eigenvalue weighted by Gasteiger charge is -2.36. The maximum Gasteiger partial charge on any atom is 0.149 e. The van der Waals surface area contributed by atoms with E-state index in [0.29, 0.717) is 18.7 Å². The Morgan fingerprint density at radius 1 is 1.37 bits per heavy atom. The topological polar surface area (TPSA) is 35.5 Å². The van der Waals surface area contributed by atoms with Gasteiger partial charge >= 0.3 is 0 Å². The van der Waals surface area contributed by atoms with E-state index in [1.807, 2.05) is 6.92 Å². The largest absolute Gasteiger partial charge is 0.391 e. The van der Waals surface area contributed by atoms with Gasteiger partial charge in [-0.05, 0) is 37.1 Å². The van der Waals surface area contributed by atoms with Crippen molar-refractivity contribution >= 4 is 5.69 Å². The molecule has 106 valence electrons. The number of aliphatic hydroxyl groups excluding tert-OH is 1. The highest BCUT2D eigenvalue weighted by molar-refractivity contribution is 5.51. The lowest BCUT2D eigenvalue weighted by atomic mass is 9.95. The fraction of sp³-hybridized carbons (Fsp3) is 0.571. The van der Waals surface area contributed by atoms with Crippen LogP contribution in [0.3, 0.4) is 0 Å². The minimum absolute atomic E-state index is 0.0224. The number of rotatable bonds is 3. The molecule has 0 radical (unpaired) electrons. The molecule has 2 N–H and O–H groups in total. The lowest BCUT2D eigenvalue weighted by Crippen LogP contribution is -2.43. The Labute approximate surface area is 112 Å². The summed E-state index contributed by atoms with van der Waals surface area (Å²) in [4.78, 5) is 1.60.